The molecule has 1 heteroatoms. The molecule has 0 atom stereocenters. The summed E-state index contributed by atoms with van der Waals surface area (Å²) in [7, 11) is 0. The molecule has 0 aromatic heterocycles. The molecular formula is C13H26O. The molecule has 0 aliphatic carbocycles. The molecule has 0 aliphatic rings. The van der Waals surface area contributed by atoms with E-state index >= 15 is 0 Å². The van der Waals surface area contributed by atoms with Crippen LogP contribution >= 0.6 is 0 Å². The van der Waals surface area contributed by atoms with Gasteiger partial charge in [0.15, 0.2) is 0 Å². The number of hydrogen-bond acceptors (Lipinski definition) is 1. The van der Waals surface area contributed by atoms with E-state index in [1.54, 1.807) is 0 Å². The number of aliphatic hydroxyl groups is 1. The van der Waals surface area contributed by atoms with Crippen LogP contribution in [0.1, 0.15) is 65.2 Å². The summed E-state index contributed by atoms with van der Waals surface area (Å²) in [5.41, 5.74) is 1.24. The average molecular weight is 198 g/mol. The summed E-state index contributed by atoms with van der Waals surface area (Å²) in [6, 6.07) is 0. The van der Waals surface area contributed by atoms with Crippen molar-refractivity contribution in [3.63, 3.8) is 0 Å². The number of rotatable bonds is 9. The Kier molecular flexibility index (Phi) is 10.5. The summed E-state index contributed by atoms with van der Waals surface area (Å²) >= 11 is 0. The Balaban J connectivity index is 3.53. The van der Waals surface area contributed by atoms with Gasteiger partial charge in [0, 0.05) is 0 Å². The van der Waals surface area contributed by atoms with E-state index in [4.69, 9.17) is 5.11 Å². The van der Waals surface area contributed by atoms with Crippen molar-refractivity contribution >= 4 is 0 Å². The quantitative estimate of drug-likeness (QED) is 0.437. The lowest BCUT2D eigenvalue weighted by molar-refractivity contribution is 0.324. The van der Waals surface area contributed by atoms with Crippen LogP contribution in [0.25, 0.3) is 0 Å². The van der Waals surface area contributed by atoms with Crippen LogP contribution in [0.5, 0.6) is 0 Å². The van der Waals surface area contributed by atoms with E-state index in [1.807, 2.05) is 0 Å². The van der Waals surface area contributed by atoms with Crippen molar-refractivity contribution in [1.29, 1.82) is 0 Å². The molecule has 0 aromatic rings. The normalized spacial score (nSPS) is 12.1. The molecule has 0 saturated heterocycles. The minimum Gasteiger partial charge on any atom is -0.392 e. The van der Waals surface area contributed by atoms with Gasteiger partial charge < -0.3 is 5.11 Å². The van der Waals surface area contributed by atoms with Crippen LogP contribution in [0.2, 0.25) is 0 Å². The molecule has 0 radical (unpaired) electrons. The Morgan fingerprint density at radius 2 is 1.64 bits per heavy atom. The smallest absolute Gasteiger partial charge is 0.0641 e. The molecule has 0 bridgehead atoms. The van der Waals surface area contributed by atoms with Crippen molar-refractivity contribution in [2.24, 2.45) is 0 Å². The fraction of sp³-hybridized carbons (Fsp3) is 0.846. The van der Waals surface area contributed by atoms with Crippen LogP contribution in [0, 0.1) is 0 Å². The Bertz CT molecular complexity index is 138. The fourth-order valence-electron chi connectivity index (χ4n) is 1.55. The predicted octanol–water partition coefficient (Wildman–Crippen LogP) is 4.07. The van der Waals surface area contributed by atoms with Crippen molar-refractivity contribution in [2.75, 3.05) is 6.61 Å². The van der Waals surface area contributed by atoms with E-state index < -0.39 is 0 Å². The highest BCUT2D eigenvalue weighted by Crippen LogP contribution is 2.10. The minimum absolute atomic E-state index is 0.260. The van der Waals surface area contributed by atoms with Gasteiger partial charge in [-0.2, -0.15) is 0 Å². The number of aliphatic hydroxyl groups excluding tert-OH is 1. The number of unbranched alkanes of at least 4 members (excludes halogenated alkanes) is 5. The van der Waals surface area contributed by atoms with Crippen molar-refractivity contribution in [1.82, 2.24) is 0 Å². The Morgan fingerprint density at radius 3 is 2.21 bits per heavy atom. The van der Waals surface area contributed by atoms with Crippen LogP contribution in [-0.4, -0.2) is 11.7 Å². The van der Waals surface area contributed by atoms with Crippen LogP contribution in [0.15, 0.2) is 11.6 Å². The zero-order chi connectivity index (χ0) is 10.6. The average Bonchev–Trinajstić information content (AvgIpc) is 2.22. The number of hydrogen-bond donors (Lipinski definition) is 1. The lowest BCUT2D eigenvalue weighted by Crippen LogP contribution is -1.91. The van der Waals surface area contributed by atoms with E-state index in [-0.39, 0.29) is 6.61 Å². The van der Waals surface area contributed by atoms with Crippen molar-refractivity contribution < 1.29 is 5.11 Å². The van der Waals surface area contributed by atoms with Gasteiger partial charge in [0.1, 0.15) is 0 Å². The van der Waals surface area contributed by atoms with Crippen LogP contribution < -0.4 is 0 Å². The Labute approximate surface area is 89.2 Å². The summed E-state index contributed by atoms with van der Waals surface area (Å²) < 4.78 is 0. The summed E-state index contributed by atoms with van der Waals surface area (Å²) in [6.45, 7) is 4.69. The Hall–Kier alpha value is -0.300. The molecule has 0 fully saturated rings. The van der Waals surface area contributed by atoms with E-state index in [0.29, 0.717) is 0 Å². The van der Waals surface area contributed by atoms with Crippen LogP contribution in [0.4, 0.5) is 0 Å². The molecule has 14 heavy (non-hydrogen) atoms. The fourth-order valence-corrected chi connectivity index (χ4v) is 1.55. The van der Waals surface area contributed by atoms with Gasteiger partial charge in [0.2, 0.25) is 0 Å². The summed E-state index contributed by atoms with van der Waals surface area (Å²) in [6.07, 6.45) is 12.1. The lowest BCUT2D eigenvalue weighted by Gasteiger charge is -2.03. The maximum Gasteiger partial charge on any atom is 0.0641 e. The van der Waals surface area contributed by atoms with E-state index in [9.17, 15) is 0 Å². The highest BCUT2D eigenvalue weighted by atomic mass is 16.3. The van der Waals surface area contributed by atoms with Gasteiger partial charge in [0.05, 0.1) is 6.61 Å². The SMILES string of the molecule is CCCCCC=C(CO)CCCCC. The molecule has 84 valence electrons. The second kappa shape index (κ2) is 10.8. The lowest BCUT2D eigenvalue weighted by atomic mass is 10.1. The first kappa shape index (κ1) is 13.7. The van der Waals surface area contributed by atoms with Gasteiger partial charge in [-0.15, -0.1) is 0 Å². The molecule has 0 heterocycles. The second-order valence-corrected chi connectivity index (χ2v) is 3.97. The molecule has 0 spiro atoms. The maximum atomic E-state index is 9.11. The van der Waals surface area contributed by atoms with Gasteiger partial charge in [-0.3, -0.25) is 0 Å². The third kappa shape index (κ3) is 8.31. The van der Waals surface area contributed by atoms with Crippen LogP contribution in [-0.2, 0) is 0 Å². The monoisotopic (exact) mass is 198 g/mol. The maximum absolute atomic E-state index is 9.11. The third-order valence-corrected chi connectivity index (χ3v) is 2.55. The van der Waals surface area contributed by atoms with Gasteiger partial charge in [-0.1, -0.05) is 45.6 Å². The molecule has 1 N–H and O–H groups in total. The summed E-state index contributed by atoms with van der Waals surface area (Å²) in [5, 5.41) is 9.11. The number of allylic oxidation sites excluding steroid dienone is 1. The highest BCUT2D eigenvalue weighted by molar-refractivity contribution is 5.01. The molecule has 0 unspecified atom stereocenters. The van der Waals surface area contributed by atoms with Gasteiger partial charge in [-0.05, 0) is 31.3 Å². The summed E-state index contributed by atoms with van der Waals surface area (Å²) in [5.74, 6) is 0. The minimum atomic E-state index is 0.260. The first-order valence-electron chi connectivity index (χ1n) is 6.13. The van der Waals surface area contributed by atoms with Crippen molar-refractivity contribution in [2.45, 2.75) is 65.2 Å². The van der Waals surface area contributed by atoms with E-state index in [2.05, 4.69) is 19.9 Å². The molecule has 0 saturated carbocycles. The van der Waals surface area contributed by atoms with Crippen molar-refractivity contribution in [3.8, 4) is 0 Å². The molecule has 0 rings (SSSR count). The second-order valence-electron chi connectivity index (χ2n) is 3.97. The van der Waals surface area contributed by atoms with Crippen LogP contribution in [0.3, 0.4) is 0 Å². The van der Waals surface area contributed by atoms with Crippen molar-refractivity contribution in [3.05, 3.63) is 11.6 Å². The largest absolute Gasteiger partial charge is 0.392 e. The molecule has 0 aliphatic heterocycles. The summed E-state index contributed by atoms with van der Waals surface area (Å²) in [4.78, 5) is 0. The van der Waals surface area contributed by atoms with Gasteiger partial charge >= 0.3 is 0 Å². The Morgan fingerprint density at radius 1 is 1.00 bits per heavy atom. The molecular weight excluding hydrogens is 172 g/mol. The molecule has 0 aromatic carbocycles. The first-order chi connectivity index (χ1) is 6.85. The zero-order valence-electron chi connectivity index (χ0n) is 9.89. The highest BCUT2D eigenvalue weighted by Gasteiger charge is 1.95. The standard InChI is InChI=1S/C13H26O/c1-3-5-7-9-11-13(12-14)10-8-6-4-2/h11,14H,3-10,12H2,1-2H3. The van der Waals surface area contributed by atoms with Gasteiger partial charge in [-0.25, -0.2) is 0 Å². The topological polar surface area (TPSA) is 20.2 Å². The third-order valence-electron chi connectivity index (χ3n) is 2.55. The van der Waals surface area contributed by atoms with Gasteiger partial charge in [0.25, 0.3) is 0 Å². The molecule has 0 amide bonds. The zero-order valence-corrected chi connectivity index (χ0v) is 9.89. The van der Waals surface area contributed by atoms with E-state index in [0.717, 1.165) is 12.8 Å². The predicted molar refractivity (Wildman–Crippen MR) is 63.5 cm³/mol. The first-order valence-corrected chi connectivity index (χ1v) is 6.13. The molecule has 1 nitrogen and oxygen atoms in total. The van der Waals surface area contributed by atoms with E-state index in [1.165, 1.54) is 44.1 Å².